The Balaban J connectivity index is 1.94. The molecule has 0 N–H and O–H groups in total. The molecule has 2 heteroatoms. The van der Waals surface area contributed by atoms with Crippen LogP contribution >= 0.6 is 0 Å². The van der Waals surface area contributed by atoms with E-state index in [0.29, 0.717) is 6.17 Å². The highest BCUT2D eigenvalue weighted by Crippen LogP contribution is 2.23. The van der Waals surface area contributed by atoms with Crippen molar-refractivity contribution < 1.29 is 0 Å². The van der Waals surface area contributed by atoms with Gasteiger partial charge in [0.2, 0.25) is 0 Å². The topological polar surface area (TPSA) is 6.48 Å². The van der Waals surface area contributed by atoms with Crippen LogP contribution in [0.15, 0.2) is 12.4 Å². The molecule has 1 aliphatic heterocycles. The first-order valence-electron chi connectivity index (χ1n) is 15.0. The molecular weight excluding hydrogens is 388 g/mol. The molecule has 0 aromatic carbocycles. The van der Waals surface area contributed by atoms with E-state index in [2.05, 4.69) is 43.0 Å². The molecule has 0 saturated heterocycles. The molecule has 0 aliphatic carbocycles. The predicted octanol–water partition coefficient (Wildman–Crippen LogP) is 10.0. The molecule has 0 saturated carbocycles. The molecule has 190 valence electrons. The largest absolute Gasteiger partial charge is 0.356 e. The standard InChI is InChI=1S/C30H60N2/c1-4-7-9-11-12-13-14-15-16-17-18-19-20-21-22-24-27-32-29-28-31(26-6-3)30(32)25-23-10-8-5-2/h28-30H,4-27H2,1-3H3. The summed E-state index contributed by atoms with van der Waals surface area (Å²) in [4.78, 5) is 5.24. The minimum absolute atomic E-state index is 0.642. The van der Waals surface area contributed by atoms with Gasteiger partial charge in [-0.05, 0) is 25.7 Å². The maximum Gasteiger partial charge on any atom is 0.101 e. The van der Waals surface area contributed by atoms with Crippen LogP contribution in [0.25, 0.3) is 0 Å². The molecule has 2 nitrogen and oxygen atoms in total. The minimum Gasteiger partial charge on any atom is -0.356 e. The predicted molar refractivity (Wildman–Crippen MR) is 145 cm³/mol. The van der Waals surface area contributed by atoms with Gasteiger partial charge in [-0.1, -0.05) is 136 Å². The second-order valence-electron chi connectivity index (χ2n) is 10.4. The molecule has 0 spiro atoms. The fraction of sp³-hybridized carbons (Fsp3) is 0.933. The summed E-state index contributed by atoms with van der Waals surface area (Å²) in [6.07, 6.45) is 36.7. The molecule has 0 fully saturated rings. The quantitative estimate of drug-likeness (QED) is 0.135. The molecule has 1 unspecified atom stereocenters. The molecule has 0 radical (unpaired) electrons. The van der Waals surface area contributed by atoms with Crippen molar-refractivity contribution in [1.29, 1.82) is 0 Å². The molecule has 0 aromatic heterocycles. The first kappa shape index (κ1) is 29.4. The lowest BCUT2D eigenvalue weighted by Crippen LogP contribution is -2.39. The Morgan fingerprint density at radius 3 is 1.22 bits per heavy atom. The van der Waals surface area contributed by atoms with E-state index < -0.39 is 0 Å². The Hall–Kier alpha value is -0.660. The molecule has 0 aromatic rings. The normalized spacial score (nSPS) is 15.9. The van der Waals surface area contributed by atoms with Gasteiger partial charge < -0.3 is 9.80 Å². The second-order valence-corrected chi connectivity index (χ2v) is 10.4. The highest BCUT2D eigenvalue weighted by Gasteiger charge is 2.24. The van der Waals surface area contributed by atoms with Gasteiger partial charge in [-0.2, -0.15) is 0 Å². The third-order valence-electron chi connectivity index (χ3n) is 7.28. The van der Waals surface area contributed by atoms with Gasteiger partial charge in [0.1, 0.15) is 6.17 Å². The van der Waals surface area contributed by atoms with Crippen molar-refractivity contribution in [2.24, 2.45) is 0 Å². The van der Waals surface area contributed by atoms with E-state index in [4.69, 9.17) is 0 Å². The van der Waals surface area contributed by atoms with Crippen LogP contribution in [0.2, 0.25) is 0 Å². The van der Waals surface area contributed by atoms with Crippen molar-refractivity contribution >= 4 is 0 Å². The van der Waals surface area contributed by atoms with Crippen molar-refractivity contribution in [2.75, 3.05) is 13.1 Å². The third-order valence-corrected chi connectivity index (χ3v) is 7.28. The van der Waals surface area contributed by atoms with Crippen molar-refractivity contribution in [1.82, 2.24) is 9.80 Å². The fourth-order valence-corrected chi connectivity index (χ4v) is 5.19. The summed E-state index contributed by atoms with van der Waals surface area (Å²) in [5.41, 5.74) is 0. The number of nitrogens with zero attached hydrogens (tertiary/aromatic N) is 2. The minimum atomic E-state index is 0.642. The number of unbranched alkanes of at least 4 members (excludes halogenated alkanes) is 18. The summed E-state index contributed by atoms with van der Waals surface area (Å²) in [5.74, 6) is 0. The molecule has 0 bridgehead atoms. The zero-order valence-electron chi connectivity index (χ0n) is 22.6. The second kappa shape index (κ2) is 22.1. The molecule has 1 heterocycles. The SMILES string of the molecule is CCCCCCCCCCCCCCCCCCN1C=CN(CCC)C1CCCCCC. The Morgan fingerprint density at radius 2 is 0.781 bits per heavy atom. The number of rotatable bonds is 24. The lowest BCUT2D eigenvalue weighted by molar-refractivity contribution is 0.137. The van der Waals surface area contributed by atoms with Crippen molar-refractivity contribution in [3.8, 4) is 0 Å². The van der Waals surface area contributed by atoms with E-state index >= 15 is 0 Å². The van der Waals surface area contributed by atoms with E-state index in [-0.39, 0.29) is 0 Å². The first-order chi connectivity index (χ1) is 15.8. The summed E-state index contributed by atoms with van der Waals surface area (Å²) in [7, 11) is 0. The van der Waals surface area contributed by atoms with E-state index in [1.165, 1.54) is 154 Å². The average molecular weight is 449 g/mol. The number of hydrogen-bond donors (Lipinski definition) is 0. The Morgan fingerprint density at radius 1 is 0.406 bits per heavy atom. The van der Waals surface area contributed by atoms with E-state index in [9.17, 15) is 0 Å². The van der Waals surface area contributed by atoms with Gasteiger partial charge >= 0.3 is 0 Å². The first-order valence-corrected chi connectivity index (χ1v) is 15.0. The third kappa shape index (κ3) is 15.2. The van der Waals surface area contributed by atoms with E-state index in [1.54, 1.807) is 0 Å². The van der Waals surface area contributed by atoms with Gasteiger partial charge in [0, 0.05) is 25.5 Å². The maximum absolute atomic E-state index is 2.64. The Labute approximate surface area is 203 Å². The van der Waals surface area contributed by atoms with E-state index in [0.717, 1.165) is 0 Å². The monoisotopic (exact) mass is 448 g/mol. The molecule has 1 rings (SSSR count). The van der Waals surface area contributed by atoms with Gasteiger partial charge in [-0.15, -0.1) is 0 Å². The molecular formula is C30H60N2. The molecule has 1 atom stereocenters. The molecule has 32 heavy (non-hydrogen) atoms. The van der Waals surface area contributed by atoms with Gasteiger partial charge in [0.15, 0.2) is 0 Å². The fourth-order valence-electron chi connectivity index (χ4n) is 5.19. The summed E-state index contributed by atoms with van der Waals surface area (Å²) in [6, 6.07) is 0. The van der Waals surface area contributed by atoms with Crippen LogP contribution in [0.4, 0.5) is 0 Å². The van der Waals surface area contributed by atoms with Crippen LogP contribution in [0.5, 0.6) is 0 Å². The molecule has 0 amide bonds. The zero-order chi connectivity index (χ0) is 23.1. The van der Waals surface area contributed by atoms with Gasteiger partial charge in [-0.3, -0.25) is 0 Å². The summed E-state index contributed by atoms with van der Waals surface area (Å²) in [6.45, 7) is 9.39. The van der Waals surface area contributed by atoms with Crippen molar-refractivity contribution in [3.05, 3.63) is 12.4 Å². The van der Waals surface area contributed by atoms with Crippen LogP contribution in [0, 0.1) is 0 Å². The number of hydrogen-bond acceptors (Lipinski definition) is 2. The highest BCUT2D eigenvalue weighted by atomic mass is 15.4. The lowest BCUT2D eigenvalue weighted by atomic mass is 10.0. The lowest BCUT2D eigenvalue weighted by Gasteiger charge is -2.33. The smallest absolute Gasteiger partial charge is 0.101 e. The van der Waals surface area contributed by atoms with Gasteiger partial charge in [0.25, 0.3) is 0 Å². The van der Waals surface area contributed by atoms with E-state index in [1.807, 2.05) is 0 Å². The van der Waals surface area contributed by atoms with Crippen LogP contribution in [0.3, 0.4) is 0 Å². The molecule has 1 aliphatic rings. The van der Waals surface area contributed by atoms with Crippen molar-refractivity contribution in [3.63, 3.8) is 0 Å². The van der Waals surface area contributed by atoms with Crippen LogP contribution in [0.1, 0.15) is 162 Å². The maximum atomic E-state index is 2.64. The highest BCUT2D eigenvalue weighted by molar-refractivity contribution is 4.96. The summed E-state index contributed by atoms with van der Waals surface area (Å²) in [5, 5.41) is 0. The summed E-state index contributed by atoms with van der Waals surface area (Å²) >= 11 is 0. The van der Waals surface area contributed by atoms with Crippen molar-refractivity contribution in [2.45, 2.75) is 168 Å². The van der Waals surface area contributed by atoms with Crippen LogP contribution < -0.4 is 0 Å². The average Bonchev–Trinajstić information content (AvgIpc) is 3.18. The van der Waals surface area contributed by atoms with Crippen LogP contribution in [-0.2, 0) is 0 Å². The van der Waals surface area contributed by atoms with Crippen LogP contribution in [-0.4, -0.2) is 29.1 Å². The van der Waals surface area contributed by atoms with Gasteiger partial charge in [0.05, 0.1) is 0 Å². The zero-order valence-corrected chi connectivity index (χ0v) is 22.6. The Bertz CT molecular complexity index is 406. The van der Waals surface area contributed by atoms with Gasteiger partial charge in [-0.25, -0.2) is 0 Å². The Kier molecular flexibility index (Phi) is 20.3. The summed E-state index contributed by atoms with van der Waals surface area (Å²) < 4.78 is 0.